The fraction of sp³-hybridized carbons (Fsp3) is 0.333. The number of methoxy groups -OCH3 is 1. The van der Waals surface area contributed by atoms with E-state index in [4.69, 9.17) is 4.74 Å². The average Bonchev–Trinajstić information content (AvgIpc) is 2.37. The number of benzene rings is 1. The van der Waals surface area contributed by atoms with E-state index in [1.807, 2.05) is 0 Å². The summed E-state index contributed by atoms with van der Waals surface area (Å²) in [7, 11) is 1.54. The van der Waals surface area contributed by atoms with Gasteiger partial charge in [-0.15, -0.1) is 0 Å². The number of ether oxygens (including phenoxy) is 1. The number of aryl methyl sites for hydroxylation is 2. The highest BCUT2D eigenvalue weighted by Crippen LogP contribution is 2.20. The number of aromatic nitrogens is 2. The topological polar surface area (TPSA) is 55.2 Å². The van der Waals surface area contributed by atoms with Crippen LogP contribution in [0.2, 0.25) is 0 Å². The molecule has 0 saturated heterocycles. The summed E-state index contributed by atoms with van der Waals surface area (Å²) in [5.41, 5.74) is 4.07. The molecule has 0 bridgehead atoms. The van der Waals surface area contributed by atoms with Gasteiger partial charge in [0.1, 0.15) is 12.4 Å². The molecule has 19 heavy (non-hydrogen) atoms. The van der Waals surface area contributed by atoms with Crippen LogP contribution in [0, 0.1) is 13.8 Å². The molecule has 0 fully saturated rings. The first-order valence-electron chi connectivity index (χ1n) is 6.19. The summed E-state index contributed by atoms with van der Waals surface area (Å²) in [6.45, 7) is 4.10. The zero-order valence-electron chi connectivity index (χ0n) is 11.4. The van der Waals surface area contributed by atoms with Gasteiger partial charge in [-0.1, -0.05) is 29.3 Å². The van der Waals surface area contributed by atoms with Gasteiger partial charge < -0.3 is 9.84 Å². The van der Waals surface area contributed by atoms with Gasteiger partial charge in [-0.05, 0) is 19.4 Å². The van der Waals surface area contributed by atoms with Gasteiger partial charge in [0, 0.05) is 12.5 Å². The van der Waals surface area contributed by atoms with Gasteiger partial charge >= 0.3 is 0 Å². The van der Waals surface area contributed by atoms with E-state index in [0.717, 1.165) is 5.56 Å². The fourth-order valence-corrected chi connectivity index (χ4v) is 2.16. The van der Waals surface area contributed by atoms with E-state index in [0.29, 0.717) is 18.0 Å². The van der Waals surface area contributed by atoms with E-state index in [1.165, 1.54) is 17.5 Å². The smallest absolute Gasteiger partial charge is 0.216 e. The molecule has 4 heteroatoms. The summed E-state index contributed by atoms with van der Waals surface area (Å²) in [6.07, 6.45) is 1.28. The Balaban J connectivity index is 2.17. The summed E-state index contributed by atoms with van der Waals surface area (Å²) in [5, 5.41) is 10.2. The van der Waals surface area contributed by atoms with Crippen molar-refractivity contribution in [2.75, 3.05) is 7.11 Å². The molecule has 1 heterocycles. The van der Waals surface area contributed by atoms with Crippen LogP contribution in [0.1, 0.15) is 28.5 Å². The first-order chi connectivity index (χ1) is 9.08. The number of aliphatic hydroxyl groups excluding tert-OH is 1. The Kier molecular flexibility index (Phi) is 4.12. The lowest BCUT2D eigenvalue weighted by atomic mass is 10.0. The summed E-state index contributed by atoms with van der Waals surface area (Å²) in [5.74, 6) is 0.462. The predicted molar refractivity (Wildman–Crippen MR) is 73.2 cm³/mol. The molecule has 2 rings (SSSR count). The first kappa shape index (κ1) is 13.5. The van der Waals surface area contributed by atoms with Gasteiger partial charge in [0.05, 0.1) is 12.8 Å². The molecule has 0 aliphatic carbocycles. The van der Waals surface area contributed by atoms with Crippen molar-refractivity contribution < 1.29 is 9.84 Å². The minimum atomic E-state index is -0.655. The Bertz CT molecular complexity index is 550. The first-order valence-corrected chi connectivity index (χ1v) is 6.19. The monoisotopic (exact) mass is 258 g/mol. The lowest BCUT2D eigenvalue weighted by Gasteiger charge is -2.12. The third-order valence-electron chi connectivity index (χ3n) is 2.92. The van der Waals surface area contributed by atoms with Crippen LogP contribution < -0.4 is 4.74 Å². The minimum Gasteiger partial charge on any atom is -0.481 e. The van der Waals surface area contributed by atoms with Crippen molar-refractivity contribution in [3.63, 3.8) is 0 Å². The maximum Gasteiger partial charge on any atom is 0.216 e. The van der Waals surface area contributed by atoms with E-state index in [9.17, 15) is 5.11 Å². The van der Waals surface area contributed by atoms with Crippen LogP contribution in [0.25, 0.3) is 0 Å². The van der Waals surface area contributed by atoms with Crippen molar-refractivity contribution in [1.29, 1.82) is 0 Å². The second kappa shape index (κ2) is 5.80. The van der Waals surface area contributed by atoms with Crippen LogP contribution >= 0.6 is 0 Å². The number of rotatable bonds is 4. The molecule has 0 spiro atoms. The highest BCUT2D eigenvalue weighted by atomic mass is 16.5. The van der Waals surface area contributed by atoms with Gasteiger partial charge in [0.15, 0.2) is 0 Å². The van der Waals surface area contributed by atoms with Crippen molar-refractivity contribution in [2.45, 2.75) is 26.4 Å². The highest BCUT2D eigenvalue weighted by molar-refractivity contribution is 5.29. The average molecular weight is 258 g/mol. The number of hydrogen-bond acceptors (Lipinski definition) is 4. The zero-order valence-corrected chi connectivity index (χ0v) is 11.4. The Morgan fingerprint density at radius 3 is 2.42 bits per heavy atom. The van der Waals surface area contributed by atoms with Crippen LogP contribution in [0.15, 0.2) is 30.6 Å². The summed E-state index contributed by atoms with van der Waals surface area (Å²) < 4.78 is 5.03. The molecule has 0 aliphatic heterocycles. The molecular weight excluding hydrogens is 240 g/mol. The van der Waals surface area contributed by atoms with E-state index < -0.39 is 6.10 Å². The quantitative estimate of drug-likeness (QED) is 0.914. The van der Waals surface area contributed by atoms with Crippen molar-refractivity contribution in [2.24, 2.45) is 0 Å². The largest absolute Gasteiger partial charge is 0.481 e. The number of nitrogens with zero attached hydrogens (tertiary/aromatic N) is 2. The molecule has 100 valence electrons. The van der Waals surface area contributed by atoms with Crippen LogP contribution in [0.4, 0.5) is 0 Å². The van der Waals surface area contributed by atoms with Crippen LogP contribution in [-0.4, -0.2) is 22.2 Å². The Hall–Kier alpha value is -1.94. The van der Waals surface area contributed by atoms with E-state index >= 15 is 0 Å². The third kappa shape index (κ3) is 3.51. The lowest BCUT2D eigenvalue weighted by Crippen LogP contribution is -2.05. The molecule has 1 atom stereocenters. The molecule has 2 aromatic rings. The summed E-state index contributed by atoms with van der Waals surface area (Å²) >= 11 is 0. The molecule has 0 aliphatic rings. The van der Waals surface area contributed by atoms with Crippen LogP contribution in [-0.2, 0) is 6.42 Å². The normalized spacial score (nSPS) is 12.2. The van der Waals surface area contributed by atoms with Crippen molar-refractivity contribution in [1.82, 2.24) is 9.97 Å². The van der Waals surface area contributed by atoms with E-state index in [-0.39, 0.29) is 0 Å². The SMILES string of the molecule is COc1cc(C(O)Cc2cc(C)cc(C)c2)ncn1. The van der Waals surface area contributed by atoms with Crippen molar-refractivity contribution in [3.8, 4) is 5.88 Å². The van der Waals surface area contributed by atoms with Crippen LogP contribution in [0.3, 0.4) is 0 Å². The summed E-state index contributed by atoms with van der Waals surface area (Å²) in [6, 6.07) is 7.93. The van der Waals surface area contributed by atoms with Crippen molar-refractivity contribution >= 4 is 0 Å². The van der Waals surface area contributed by atoms with Gasteiger partial charge in [-0.3, -0.25) is 0 Å². The molecule has 1 N–H and O–H groups in total. The number of hydrogen-bond donors (Lipinski definition) is 1. The fourth-order valence-electron chi connectivity index (χ4n) is 2.16. The molecular formula is C15H18N2O2. The number of aliphatic hydroxyl groups is 1. The maximum atomic E-state index is 10.2. The highest BCUT2D eigenvalue weighted by Gasteiger charge is 2.12. The summed E-state index contributed by atoms with van der Waals surface area (Å²) in [4.78, 5) is 8.02. The molecule has 1 unspecified atom stereocenters. The zero-order chi connectivity index (χ0) is 13.8. The second-order valence-electron chi connectivity index (χ2n) is 4.70. The Labute approximate surface area is 113 Å². The molecule has 0 saturated carbocycles. The van der Waals surface area contributed by atoms with E-state index in [1.54, 1.807) is 13.2 Å². The Morgan fingerprint density at radius 1 is 1.11 bits per heavy atom. The molecule has 1 aromatic carbocycles. The Morgan fingerprint density at radius 2 is 1.79 bits per heavy atom. The minimum absolute atomic E-state index is 0.462. The predicted octanol–water partition coefficient (Wildman–Crippen LogP) is 2.38. The van der Waals surface area contributed by atoms with E-state index in [2.05, 4.69) is 42.0 Å². The molecule has 0 amide bonds. The van der Waals surface area contributed by atoms with Gasteiger partial charge in [0.25, 0.3) is 0 Å². The third-order valence-corrected chi connectivity index (χ3v) is 2.92. The molecule has 1 aromatic heterocycles. The lowest BCUT2D eigenvalue weighted by molar-refractivity contribution is 0.172. The second-order valence-corrected chi connectivity index (χ2v) is 4.70. The standard InChI is InChI=1S/C15H18N2O2/c1-10-4-11(2)6-12(5-10)7-14(18)13-8-15(19-3)17-9-16-13/h4-6,8-9,14,18H,7H2,1-3H3. The van der Waals surface area contributed by atoms with Crippen molar-refractivity contribution in [3.05, 3.63) is 53.0 Å². The van der Waals surface area contributed by atoms with Gasteiger partial charge in [-0.25, -0.2) is 9.97 Å². The van der Waals surface area contributed by atoms with Gasteiger partial charge in [-0.2, -0.15) is 0 Å². The molecule has 4 nitrogen and oxygen atoms in total. The maximum absolute atomic E-state index is 10.2. The van der Waals surface area contributed by atoms with Crippen LogP contribution in [0.5, 0.6) is 5.88 Å². The van der Waals surface area contributed by atoms with Gasteiger partial charge in [0.2, 0.25) is 5.88 Å². The molecule has 0 radical (unpaired) electrons.